The van der Waals surface area contributed by atoms with E-state index in [-0.39, 0.29) is 30.5 Å². The van der Waals surface area contributed by atoms with Gasteiger partial charge in [0.2, 0.25) is 0 Å². The third-order valence-corrected chi connectivity index (χ3v) is 5.52. The van der Waals surface area contributed by atoms with E-state index < -0.39 is 5.82 Å². The zero-order valence-corrected chi connectivity index (χ0v) is 20.5. The minimum absolute atomic E-state index is 0. The van der Waals surface area contributed by atoms with Crippen LogP contribution in [0.1, 0.15) is 42.0 Å². The van der Waals surface area contributed by atoms with Crippen LogP contribution in [0.2, 0.25) is 0 Å². The van der Waals surface area contributed by atoms with E-state index in [1.54, 1.807) is 12.1 Å². The molecule has 2 N–H and O–H groups in total. The number of likely N-dealkylation sites (tertiary alicyclic amines) is 1. The van der Waals surface area contributed by atoms with Crippen molar-refractivity contribution in [3.8, 4) is 6.07 Å². The van der Waals surface area contributed by atoms with Gasteiger partial charge >= 0.3 is 0 Å². The summed E-state index contributed by atoms with van der Waals surface area (Å²) in [5.74, 6) is 0.316. The SMILES string of the molecule is CCNC(=NCc1ccc(C#N)cc1F)NC1CCN(Cc2ccccc2C)CC1.I. The number of nitrogens with one attached hydrogen (secondary N) is 2. The first-order valence-electron chi connectivity index (χ1n) is 10.6. The third kappa shape index (κ3) is 7.47. The van der Waals surface area contributed by atoms with Crippen molar-refractivity contribution in [3.63, 3.8) is 0 Å². The molecule has 0 spiro atoms. The van der Waals surface area contributed by atoms with Crippen molar-refractivity contribution in [2.75, 3.05) is 19.6 Å². The molecule has 0 radical (unpaired) electrons. The second-order valence-corrected chi connectivity index (χ2v) is 7.73. The molecule has 0 bridgehead atoms. The molecule has 0 aliphatic carbocycles. The highest BCUT2D eigenvalue weighted by molar-refractivity contribution is 14.0. The maximum Gasteiger partial charge on any atom is 0.191 e. The zero-order valence-electron chi connectivity index (χ0n) is 18.2. The molecule has 0 saturated carbocycles. The van der Waals surface area contributed by atoms with Crippen molar-refractivity contribution in [1.29, 1.82) is 5.26 Å². The van der Waals surface area contributed by atoms with Crippen LogP contribution < -0.4 is 10.6 Å². The summed E-state index contributed by atoms with van der Waals surface area (Å²) in [6.45, 7) is 8.23. The largest absolute Gasteiger partial charge is 0.357 e. The van der Waals surface area contributed by atoms with Crippen LogP contribution in [0.4, 0.5) is 4.39 Å². The summed E-state index contributed by atoms with van der Waals surface area (Å²) in [6.07, 6.45) is 2.09. The number of halogens is 2. The second-order valence-electron chi connectivity index (χ2n) is 7.73. The Kier molecular flexibility index (Phi) is 10.2. The number of hydrogen-bond donors (Lipinski definition) is 2. The van der Waals surface area contributed by atoms with Crippen LogP contribution in [0.25, 0.3) is 0 Å². The number of guanidine groups is 1. The summed E-state index contributed by atoms with van der Waals surface area (Å²) in [4.78, 5) is 7.05. The average molecular weight is 535 g/mol. The van der Waals surface area contributed by atoms with E-state index in [9.17, 15) is 4.39 Å². The van der Waals surface area contributed by atoms with Gasteiger partial charge in [-0.3, -0.25) is 4.90 Å². The van der Waals surface area contributed by atoms with Gasteiger partial charge in [-0.15, -0.1) is 24.0 Å². The molecule has 1 aliphatic heterocycles. The third-order valence-electron chi connectivity index (χ3n) is 5.52. The van der Waals surface area contributed by atoms with Crippen LogP contribution in [-0.2, 0) is 13.1 Å². The van der Waals surface area contributed by atoms with Gasteiger partial charge in [-0.1, -0.05) is 30.3 Å². The van der Waals surface area contributed by atoms with Gasteiger partial charge in [-0.05, 0) is 49.9 Å². The highest BCUT2D eigenvalue weighted by Crippen LogP contribution is 2.16. The molecule has 166 valence electrons. The van der Waals surface area contributed by atoms with Crippen LogP contribution in [0, 0.1) is 24.1 Å². The van der Waals surface area contributed by atoms with Crippen molar-refractivity contribution >= 4 is 29.9 Å². The number of piperidine rings is 1. The number of hydrogen-bond acceptors (Lipinski definition) is 3. The summed E-state index contributed by atoms with van der Waals surface area (Å²) < 4.78 is 14.1. The number of rotatable bonds is 6. The second kappa shape index (κ2) is 12.6. The topological polar surface area (TPSA) is 63.5 Å². The van der Waals surface area contributed by atoms with E-state index in [4.69, 9.17) is 5.26 Å². The molecule has 7 heteroatoms. The van der Waals surface area contributed by atoms with E-state index in [1.807, 2.05) is 13.0 Å². The zero-order chi connectivity index (χ0) is 21.3. The predicted molar refractivity (Wildman–Crippen MR) is 134 cm³/mol. The molecule has 2 aromatic rings. The lowest BCUT2D eigenvalue weighted by atomic mass is 10.0. The predicted octanol–water partition coefficient (Wildman–Crippen LogP) is 4.34. The molecule has 0 unspecified atom stereocenters. The van der Waals surface area contributed by atoms with Crippen LogP contribution in [0.15, 0.2) is 47.5 Å². The molecule has 2 aromatic carbocycles. The molecule has 1 saturated heterocycles. The van der Waals surface area contributed by atoms with Crippen molar-refractivity contribution in [2.45, 2.75) is 45.8 Å². The van der Waals surface area contributed by atoms with E-state index in [2.05, 4.69) is 51.7 Å². The summed E-state index contributed by atoms with van der Waals surface area (Å²) in [5, 5.41) is 15.6. The molecule has 3 rings (SSSR count). The van der Waals surface area contributed by atoms with Crippen molar-refractivity contribution in [2.24, 2.45) is 4.99 Å². The Hall–Kier alpha value is -2.18. The van der Waals surface area contributed by atoms with Gasteiger partial charge in [0.25, 0.3) is 0 Å². The Bertz CT molecular complexity index is 916. The monoisotopic (exact) mass is 535 g/mol. The fraction of sp³-hybridized carbons (Fsp3) is 0.417. The van der Waals surface area contributed by atoms with Gasteiger partial charge in [-0.2, -0.15) is 5.26 Å². The quantitative estimate of drug-likeness (QED) is 0.328. The highest BCUT2D eigenvalue weighted by atomic mass is 127. The number of aliphatic imine (C=N–C) groups is 1. The fourth-order valence-electron chi connectivity index (χ4n) is 3.69. The van der Waals surface area contributed by atoms with Gasteiger partial charge in [0.05, 0.1) is 18.2 Å². The first-order chi connectivity index (χ1) is 14.6. The molecule has 1 fully saturated rings. The molecule has 31 heavy (non-hydrogen) atoms. The van der Waals surface area contributed by atoms with E-state index in [1.165, 1.54) is 17.2 Å². The van der Waals surface area contributed by atoms with Gasteiger partial charge in [-0.25, -0.2) is 9.38 Å². The first kappa shape index (κ1) is 25.1. The Morgan fingerprint density at radius 1 is 1.19 bits per heavy atom. The Morgan fingerprint density at radius 3 is 2.58 bits per heavy atom. The van der Waals surface area contributed by atoms with E-state index in [0.29, 0.717) is 23.1 Å². The van der Waals surface area contributed by atoms with Crippen molar-refractivity contribution in [3.05, 3.63) is 70.5 Å². The van der Waals surface area contributed by atoms with Crippen LogP contribution in [-0.4, -0.2) is 36.5 Å². The standard InChI is InChI=1S/C24H30FN5.HI/c1-3-27-24(28-16-20-9-8-19(15-26)14-23(20)25)29-22-10-12-30(13-11-22)17-21-7-5-4-6-18(21)2;/h4-9,14,22H,3,10-13,16-17H2,1-2H3,(H2,27,28,29);1H. The molecule has 0 atom stereocenters. The lowest BCUT2D eigenvalue weighted by molar-refractivity contribution is 0.198. The number of benzene rings is 2. The Balaban J connectivity index is 0.00000341. The summed E-state index contributed by atoms with van der Waals surface area (Å²) in [6, 6.07) is 15.4. The molecular weight excluding hydrogens is 504 g/mol. The Labute approximate surface area is 201 Å². The molecule has 0 aromatic heterocycles. The molecule has 1 aliphatic rings. The summed E-state index contributed by atoms with van der Waals surface area (Å²) in [7, 11) is 0. The van der Waals surface area contributed by atoms with Gasteiger partial charge in [0, 0.05) is 37.8 Å². The van der Waals surface area contributed by atoms with Gasteiger partial charge < -0.3 is 10.6 Å². The molecule has 0 amide bonds. The lowest BCUT2D eigenvalue weighted by Crippen LogP contribution is -2.48. The summed E-state index contributed by atoms with van der Waals surface area (Å²) in [5.41, 5.74) is 3.54. The smallest absolute Gasteiger partial charge is 0.191 e. The minimum Gasteiger partial charge on any atom is -0.357 e. The highest BCUT2D eigenvalue weighted by Gasteiger charge is 2.20. The van der Waals surface area contributed by atoms with E-state index in [0.717, 1.165) is 39.0 Å². The van der Waals surface area contributed by atoms with Crippen LogP contribution in [0.5, 0.6) is 0 Å². The Morgan fingerprint density at radius 2 is 1.94 bits per heavy atom. The van der Waals surface area contributed by atoms with Crippen LogP contribution in [0.3, 0.4) is 0 Å². The number of nitrogens with zero attached hydrogens (tertiary/aromatic N) is 3. The van der Waals surface area contributed by atoms with Crippen molar-refractivity contribution < 1.29 is 4.39 Å². The van der Waals surface area contributed by atoms with Crippen LogP contribution >= 0.6 is 24.0 Å². The number of nitriles is 1. The molecule has 5 nitrogen and oxygen atoms in total. The first-order valence-corrected chi connectivity index (χ1v) is 10.6. The lowest BCUT2D eigenvalue weighted by Gasteiger charge is -2.33. The minimum atomic E-state index is -0.391. The normalized spacial score (nSPS) is 15.1. The van der Waals surface area contributed by atoms with E-state index >= 15 is 0 Å². The summed E-state index contributed by atoms with van der Waals surface area (Å²) >= 11 is 0. The maximum atomic E-state index is 14.1. The van der Waals surface area contributed by atoms with Gasteiger partial charge in [0.15, 0.2) is 5.96 Å². The molecular formula is C24H31FIN5. The van der Waals surface area contributed by atoms with Gasteiger partial charge in [0.1, 0.15) is 5.82 Å². The fourth-order valence-corrected chi connectivity index (χ4v) is 3.69. The maximum absolute atomic E-state index is 14.1. The molecule has 1 heterocycles. The average Bonchev–Trinajstić information content (AvgIpc) is 2.75. The number of aryl methyl sites for hydroxylation is 1. The van der Waals surface area contributed by atoms with Crippen molar-refractivity contribution in [1.82, 2.24) is 15.5 Å².